The molecule has 0 unspecified atom stereocenters. The molecule has 0 amide bonds. The van der Waals surface area contributed by atoms with E-state index in [9.17, 15) is 12.8 Å². The molecule has 0 atom stereocenters. The fourth-order valence-corrected chi connectivity index (χ4v) is 5.96. The molecule has 0 saturated heterocycles. The zero-order valence-corrected chi connectivity index (χ0v) is 15.6. The molecule has 0 fully saturated rings. The SMILES string of the molecule is O=S(=O)(c1cccc(F)c1)c1sc2ncccc2c1-c1ccc(Cl)cc1. The third-order valence-electron chi connectivity index (χ3n) is 3.92. The molecule has 7 heteroatoms. The Morgan fingerprint density at radius 2 is 1.77 bits per heavy atom. The Balaban J connectivity index is 2.04. The van der Waals surface area contributed by atoms with Crippen LogP contribution in [0.15, 0.2) is 76.0 Å². The zero-order chi connectivity index (χ0) is 18.3. The van der Waals surface area contributed by atoms with Crippen molar-refractivity contribution in [3.8, 4) is 11.1 Å². The molecule has 0 aliphatic rings. The summed E-state index contributed by atoms with van der Waals surface area (Å²) in [6.07, 6.45) is 1.61. The zero-order valence-electron chi connectivity index (χ0n) is 13.2. The van der Waals surface area contributed by atoms with Crippen LogP contribution >= 0.6 is 22.9 Å². The Labute approximate surface area is 158 Å². The Hall–Kier alpha value is -2.28. The van der Waals surface area contributed by atoms with Crippen molar-refractivity contribution in [2.75, 3.05) is 0 Å². The van der Waals surface area contributed by atoms with Crippen LogP contribution in [-0.4, -0.2) is 13.4 Å². The highest BCUT2D eigenvalue weighted by molar-refractivity contribution is 7.93. The van der Waals surface area contributed by atoms with E-state index in [4.69, 9.17) is 11.6 Å². The van der Waals surface area contributed by atoms with Gasteiger partial charge in [-0.3, -0.25) is 0 Å². The number of nitrogens with zero attached hydrogens (tertiary/aromatic N) is 1. The summed E-state index contributed by atoms with van der Waals surface area (Å²) in [5, 5.41) is 1.29. The molecule has 26 heavy (non-hydrogen) atoms. The van der Waals surface area contributed by atoms with E-state index in [1.54, 1.807) is 36.5 Å². The van der Waals surface area contributed by atoms with E-state index in [-0.39, 0.29) is 9.10 Å². The molecule has 0 aliphatic carbocycles. The molecule has 0 aliphatic heterocycles. The second-order valence-corrected chi connectivity index (χ2v) is 9.17. The number of benzene rings is 2. The molecule has 4 aromatic rings. The maximum atomic E-state index is 13.6. The average Bonchev–Trinajstić information content (AvgIpc) is 3.03. The van der Waals surface area contributed by atoms with Crippen molar-refractivity contribution in [2.45, 2.75) is 9.10 Å². The highest BCUT2D eigenvalue weighted by Gasteiger charge is 2.27. The van der Waals surface area contributed by atoms with Crippen molar-refractivity contribution in [1.82, 2.24) is 4.98 Å². The Morgan fingerprint density at radius 1 is 1.00 bits per heavy atom. The molecular formula is C19H11ClFNO2S2. The largest absolute Gasteiger partial charge is 0.245 e. The minimum absolute atomic E-state index is 0.0840. The minimum atomic E-state index is -3.91. The van der Waals surface area contributed by atoms with Gasteiger partial charge in [0, 0.05) is 22.2 Å². The lowest BCUT2D eigenvalue weighted by molar-refractivity contribution is 0.593. The number of halogens is 2. The molecule has 0 spiro atoms. The first-order valence-electron chi connectivity index (χ1n) is 7.61. The van der Waals surface area contributed by atoms with Crippen molar-refractivity contribution in [2.24, 2.45) is 0 Å². The first kappa shape index (κ1) is 17.1. The topological polar surface area (TPSA) is 47.0 Å². The summed E-state index contributed by atoms with van der Waals surface area (Å²) in [7, 11) is -3.91. The molecule has 0 N–H and O–H groups in total. The van der Waals surface area contributed by atoms with E-state index in [1.807, 2.05) is 6.07 Å². The minimum Gasteiger partial charge on any atom is -0.245 e. The highest BCUT2D eigenvalue weighted by Crippen LogP contribution is 2.43. The lowest BCUT2D eigenvalue weighted by atomic mass is 10.1. The number of fused-ring (bicyclic) bond motifs is 1. The molecule has 0 saturated carbocycles. The number of sulfone groups is 1. The standard InChI is InChI=1S/C19H11ClFNO2S2/c20-13-8-6-12(7-9-13)17-16-5-2-10-22-18(16)25-19(17)26(23,24)15-4-1-3-14(21)11-15/h1-11H. The van der Waals surface area contributed by atoms with E-state index in [0.29, 0.717) is 21.0 Å². The Kier molecular flexibility index (Phi) is 4.26. The van der Waals surface area contributed by atoms with Gasteiger partial charge in [0.05, 0.1) is 4.90 Å². The fourth-order valence-electron chi connectivity index (χ4n) is 2.73. The smallest absolute Gasteiger partial charge is 0.216 e. The average molecular weight is 404 g/mol. The summed E-state index contributed by atoms with van der Waals surface area (Å²) < 4.78 is 40.1. The van der Waals surface area contributed by atoms with Gasteiger partial charge in [0.1, 0.15) is 14.9 Å². The van der Waals surface area contributed by atoms with Crippen LogP contribution in [0, 0.1) is 5.82 Å². The van der Waals surface area contributed by atoms with Crippen LogP contribution in [-0.2, 0) is 9.84 Å². The van der Waals surface area contributed by atoms with Gasteiger partial charge in [-0.25, -0.2) is 17.8 Å². The van der Waals surface area contributed by atoms with Gasteiger partial charge in [0.15, 0.2) is 0 Å². The summed E-state index contributed by atoms with van der Waals surface area (Å²) >= 11 is 7.04. The summed E-state index contributed by atoms with van der Waals surface area (Å²) in [5.74, 6) is -0.599. The molecule has 0 radical (unpaired) electrons. The van der Waals surface area contributed by atoms with Gasteiger partial charge in [-0.15, -0.1) is 11.3 Å². The third-order valence-corrected chi connectivity index (χ3v) is 7.55. The van der Waals surface area contributed by atoms with Crippen molar-refractivity contribution in [1.29, 1.82) is 0 Å². The molecule has 0 bridgehead atoms. The lowest BCUT2D eigenvalue weighted by Crippen LogP contribution is -2.01. The first-order chi connectivity index (χ1) is 12.5. The summed E-state index contributed by atoms with van der Waals surface area (Å²) in [4.78, 5) is 4.80. The van der Waals surface area contributed by atoms with Gasteiger partial charge in [0.2, 0.25) is 9.84 Å². The molecule has 4 rings (SSSR count). The molecule has 2 heterocycles. The summed E-state index contributed by atoms with van der Waals surface area (Å²) in [6.45, 7) is 0. The predicted octanol–water partition coefficient (Wildman–Crippen LogP) is 5.59. The van der Waals surface area contributed by atoms with Gasteiger partial charge in [0.25, 0.3) is 0 Å². The van der Waals surface area contributed by atoms with E-state index in [1.165, 1.54) is 18.2 Å². The number of hydrogen-bond acceptors (Lipinski definition) is 4. The molecule has 2 aromatic heterocycles. The Bertz CT molecular complexity index is 1220. The summed E-state index contributed by atoms with van der Waals surface area (Å²) in [6, 6.07) is 15.5. The number of hydrogen-bond donors (Lipinski definition) is 0. The van der Waals surface area contributed by atoms with Crippen LogP contribution in [0.5, 0.6) is 0 Å². The lowest BCUT2D eigenvalue weighted by Gasteiger charge is -2.07. The van der Waals surface area contributed by atoms with Crippen LogP contribution in [0.2, 0.25) is 5.02 Å². The number of aromatic nitrogens is 1. The fraction of sp³-hybridized carbons (Fsp3) is 0. The van der Waals surface area contributed by atoms with Crippen molar-refractivity contribution < 1.29 is 12.8 Å². The van der Waals surface area contributed by atoms with Crippen LogP contribution in [0.1, 0.15) is 0 Å². The molecule has 130 valence electrons. The monoisotopic (exact) mass is 403 g/mol. The first-order valence-corrected chi connectivity index (χ1v) is 10.3. The molecule has 3 nitrogen and oxygen atoms in total. The molecular weight excluding hydrogens is 393 g/mol. The van der Waals surface area contributed by atoms with Gasteiger partial charge in [-0.05, 0) is 48.0 Å². The van der Waals surface area contributed by atoms with E-state index >= 15 is 0 Å². The summed E-state index contributed by atoms with van der Waals surface area (Å²) in [5.41, 5.74) is 1.27. The van der Waals surface area contributed by atoms with Crippen molar-refractivity contribution in [3.05, 3.63) is 77.7 Å². The van der Waals surface area contributed by atoms with Crippen LogP contribution < -0.4 is 0 Å². The van der Waals surface area contributed by atoms with Crippen LogP contribution in [0.4, 0.5) is 4.39 Å². The Morgan fingerprint density at radius 3 is 2.50 bits per heavy atom. The molecule has 2 aromatic carbocycles. The van der Waals surface area contributed by atoms with E-state index in [2.05, 4.69) is 4.98 Å². The van der Waals surface area contributed by atoms with Crippen molar-refractivity contribution >= 4 is 43.0 Å². The maximum Gasteiger partial charge on any atom is 0.216 e. The maximum absolute atomic E-state index is 13.6. The van der Waals surface area contributed by atoms with Crippen LogP contribution in [0.3, 0.4) is 0 Å². The van der Waals surface area contributed by atoms with Gasteiger partial charge < -0.3 is 0 Å². The number of rotatable bonds is 3. The van der Waals surface area contributed by atoms with E-state index < -0.39 is 15.7 Å². The second kappa shape index (κ2) is 6.46. The van der Waals surface area contributed by atoms with Gasteiger partial charge in [-0.1, -0.05) is 29.8 Å². The van der Waals surface area contributed by atoms with Crippen LogP contribution in [0.25, 0.3) is 21.3 Å². The van der Waals surface area contributed by atoms with Gasteiger partial charge >= 0.3 is 0 Å². The normalized spacial score (nSPS) is 11.8. The quantitative estimate of drug-likeness (QED) is 0.448. The second-order valence-electron chi connectivity index (χ2n) is 5.59. The van der Waals surface area contributed by atoms with Crippen molar-refractivity contribution in [3.63, 3.8) is 0 Å². The predicted molar refractivity (Wildman–Crippen MR) is 102 cm³/mol. The number of pyridine rings is 1. The number of thiophene rings is 1. The third kappa shape index (κ3) is 2.90. The van der Waals surface area contributed by atoms with E-state index in [0.717, 1.165) is 22.8 Å². The van der Waals surface area contributed by atoms with Gasteiger partial charge in [-0.2, -0.15) is 0 Å². The highest BCUT2D eigenvalue weighted by atomic mass is 35.5.